The maximum Gasteiger partial charge on any atom is 0.471 e. The smallest absolute Gasteiger partial charge is 0.387 e. The summed E-state index contributed by atoms with van der Waals surface area (Å²) >= 11 is 1.49. The molecule has 1 aliphatic rings. The number of phosphoric acid groups is 1. The van der Waals surface area contributed by atoms with E-state index < -0.39 is 20.3 Å². The Kier molecular flexibility index (Phi) is 7.19. The third-order valence-electron chi connectivity index (χ3n) is 5.48. The van der Waals surface area contributed by atoms with Crippen molar-refractivity contribution in [1.82, 2.24) is 30.0 Å². The molecule has 4 aromatic heterocycles. The molecule has 38 heavy (non-hydrogen) atoms. The number of phosphoric ester groups is 1. The molecule has 0 saturated heterocycles. The van der Waals surface area contributed by atoms with Crippen molar-refractivity contribution in [2.45, 2.75) is 32.4 Å². The van der Waals surface area contributed by atoms with E-state index in [1.54, 1.807) is 24.5 Å². The zero-order chi connectivity index (χ0) is 26.9. The molecule has 4 N–H and O–H groups in total. The van der Waals surface area contributed by atoms with Crippen LogP contribution in [0.25, 0.3) is 33.2 Å². The molecule has 2 amide bonds. The number of hydrogen-bond donors (Lipinski definition) is 4. The Morgan fingerprint density at radius 1 is 1.24 bits per heavy atom. The van der Waals surface area contributed by atoms with Gasteiger partial charge in [0, 0.05) is 53.1 Å². The molecule has 198 valence electrons. The van der Waals surface area contributed by atoms with Crippen LogP contribution < -0.4 is 16.4 Å². The SMILES string of the molecule is CCNC(=O)Nc1cc(-c2nc(C3CC3)cs2)c(-c2cncc(-c3nn(COP(=O)(O)O)c(=O)o3)c2)cn1. The summed E-state index contributed by atoms with van der Waals surface area (Å²) in [7, 11) is -4.81. The van der Waals surface area contributed by atoms with Gasteiger partial charge in [-0.05, 0) is 31.9 Å². The van der Waals surface area contributed by atoms with Crippen molar-refractivity contribution in [3.63, 3.8) is 0 Å². The van der Waals surface area contributed by atoms with Gasteiger partial charge < -0.3 is 19.5 Å². The van der Waals surface area contributed by atoms with E-state index in [-0.39, 0.29) is 11.9 Å². The first-order valence-electron chi connectivity index (χ1n) is 11.4. The Balaban J connectivity index is 1.51. The van der Waals surface area contributed by atoms with Gasteiger partial charge in [0.25, 0.3) is 5.89 Å². The van der Waals surface area contributed by atoms with Crippen LogP contribution in [-0.2, 0) is 15.8 Å². The number of nitrogens with zero attached hydrogens (tertiary/aromatic N) is 5. The summed E-state index contributed by atoms with van der Waals surface area (Å²) in [5, 5.41) is 12.1. The van der Waals surface area contributed by atoms with Crippen LogP contribution in [0.15, 0.2) is 45.3 Å². The summed E-state index contributed by atoms with van der Waals surface area (Å²) in [5.74, 6) is -0.266. The van der Waals surface area contributed by atoms with Crippen molar-refractivity contribution in [3.05, 3.63) is 52.3 Å². The standard InChI is InChI=1S/C22H22N7O7PS/c1-2-24-21(30)27-18-6-15(20-26-17(10-38-20)12-3-4-12)16(9-25-18)13-5-14(8-23-7-13)19-28-29(22(31)36-19)11-35-37(32,33)34/h5-10,12H,2-4,11H2,1H3,(H2,32,33,34)(H2,24,25,27,30). The summed E-state index contributed by atoms with van der Waals surface area (Å²) in [6.45, 7) is 1.48. The van der Waals surface area contributed by atoms with Crippen LogP contribution in [0.3, 0.4) is 0 Å². The Hall–Kier alpha value is -3.75. The number of thiazole rings is 1. The van der Waals surface area contributed by atoms with Gasteiger partial charge in [0.15, 0.2) is 6.73 Å². The van der Waals surface area contributed by atoms with Gasteiger partial charge >= 0.3 is 19.6 Å². The fraction of sp³-hybridized carbons (Fsp3) is 0.273. The minimum absolute atomic E-state index is 0.118. The van der Waals surface area contributed by atoms with Crippen LogP contribution in [0, 0.1) is 0 Å². The minimum atomic E-state index is -4.81. The highest BCUT2D eigenvalue weighted by molar-refractivity contribution is 7.46. The largest absolute Gasteiger partial charge is 0.471 e. The van der Waals surface area contributed by atoms with Crippen LogP contribution in [0.4, 0.5) is 10.6 Å². The second-order valence-electron chi connectivity index (χ2n) is 8.34. The first-order chi connectivity index (χ1) is 18.2. The zero-order valence-electron chi connectivity index (χ0n) is 19.9. The van der Waals surface area contributed by atoms with Gasteiger partial charge in [0.1, 0.15) is 10.8 Å². The number of anilines is 1. The summed E-state index contributed by atoms with van der Waals surface area (Å²) in [6.07, 6.45) is 6.84. The monoisotopic (exact) mass is 559 g/mol. The number of rotatable bonds is 9. The summed E-state index contributed by atoms with van der Waals surface area (Å²) in [4.78, 5) is 55.3. The van der Waals surface area contributed by atoms with E-state index in [1.165, 1.54) is 17.5 Å². The Morgan fingerprint density at radius 2 is 2.03 bits per heavy atom. The molecule has 0 unspecified atom stereocenters. The highest BCUT2D eigenvalue weighted by atomic mass is 32.1. The number of aromatic nitrogens is 5. The number of amides is 2. The molecular weight excluding hydrogens is 537 g/mol. The molecule has 0 spiro atoms. The van der Waals surface area contributed by atoms with Crippen LogP contribution in [-0.4, -0.2) is 47.1 Å². The highest BCUT2D eigenvalue weighted by Gasteiger charge is 2.27. The molecule has 0 bridgehead atoms. The van der Waals surface area contributed by atoms with Crippen molar-refractivity contribution >= 4 is 31.0 Å². The maximum atomic E-state index is 12.1. The number of carbonyl (C=O) groups is 1. The molecule has 0 radical (unpaired) electrons. The Morgan fingerprint density at radius 3 is 2.76 bits per heavy atom. The Labute approximate surface area is 219 Å². The number of carbonyl (C=O) groups excluding carboxylic acids is 1. The summed E-state index contributed by atoms with van der Waals surface area (Å²) < 4.78 is 21.1. The van der Waals surface area contributed by atoms with Crippen LogP contribution in [0.2, 0.25) is 0 Å². The minimum Gasteiger partial charge on any atom is -0.387 e. The van der Waals surface area contributed by atoms with E-state index >= 15 is 0 Å². The average molecular weight is 560 g/mol. The number of hydrogen-bond acceptors (Lipinski definition) is 10. The fourth-order valence-electron chi connectivity index (χ4n) is 3.57. The fourth-order valence-corrected chi connectivity index (χ4v) is 4.76. The topological polar surface area (TPSA) is 195 Å². The predicted octanol–water partition coefficient (Wildman–Crippen LogP) is 3.17. The molecule has 4 heterocycles. The maximum absolute atomic E-state index is 12.1. The highest BCUT2D eigenvalue weighted by Crippen LogP contribution is 2.43. The summed E-state index contributed by atoms with van der Waals surface area (Å²) in [6, 6.07) is 3.04. The van der Waals surface area contributed by atoms with E-state index in [4.69, 9.17) is 19.2 Å². The van der Waals surface area contributed by atoms with Crippen molar-refractivity contribution in [1.29, 1.82) is 0 Å². The molecule has 0 aromatic carbocycles. The molecule has 1 fully saturated rings. The van der Waals surface area contributed by atoms with E-state index in [9.17, 15) is 14.2 Å². The van der Waals surface area contributed by atoms with E-state index in [1.807, 2.05) is 12.3 Å². The second-order valence-corrected chi connectivity index (χ2v) is 10.4. The lowest BCUT2D eigenvalue weighted by Crippen LogP contribution is -2.28. The van der Waals surface area contributed by atoms with Gasteiger partial charge in [0.2, 0.25) is 0 Å². The van der Waals surface area contributed by atoms with E-state index in [0.717, 1.165) is 29.1 Å². The first kappa shape index (κ1) is 25.9. The van der Waals surface area contributed by atoms with Gasteiger partial charge in [0.05, 0.1) is 11.3 Å². The molecule has 0 aliphatic heterocycles. The van der Waals surface area contributed by atoms with Crippen molar-refractivity contribution in [3.8, 4) is 33.2 Å². The van der Waals surface area contributed by atoms with Crippen molar-refractivity contribution in [2.75, 3.05) is 11.9 Å². The number of urea groups is 1. The third-order valence-corrected chi connectivity index (χ3v) is 6.83. The number of pyridine rings is 2. The van der Waals surface area contributed by atoms with Gasteiger partial charge in [-0.2, -0.15) is 4.68 Å². The Bertz CT molecular complexity index is 1590. The zero-order valence-corrected chi connectivity index (χ0v) is 21.6. The van der Waals surface area contributed by atoms with Crippen molar-refractivity contribution in [2.24, 2.45) is 0 Å². The molecule has 1 saturated carbocycles. The molecule has 0 atom stereocenters. The number of nitrogens with one attached hydrogen (secondary N) is 2. The second kappa shape index (κ2) is 10.6. The lowest BCUT2D eigenvalue weighted by molar-refractivity contribution is 0.141. The van der Waals surface area contributed by atoms with E-state index in [0.29, 0.717) is 39.7 Å². The van der Waals surface area contributed by atoms with E-state index in [2.05, 4.69) is 30.2 Å². The quantitative estimate of drug-likeness (QED) is 0.220. The summed E-state index contributed by atoms with van der Waals surface area (Å²) in [5.41, 5.74) is 3.38. The molecular formula is C22H22N7O7PS. The predicted molar refractivity (Wildman–Crippen MR) is 136 cm³/mol. The van der Waals surface area contributed by atoms with Gasteiger partial charge in [-0.25, -0.2) is 24.1 Å². The molecule has 5 rings (SSSR count). The van der Waals surface area contributed by atoms with Crippen LogP contribution in [0.1, 0.15) is 31.4 Å². The first-order valence-corrected chi connectivity index (χ1v) is 13.9. The van der Waals surface area contributed by atoms with Crippen LogP contribution >= 0.6 is 19.2 Å². The molecule has 1 aliphatic carbocycles. The third kappa shape index (κ3) is 6.03. The molecule has 4 aromatic rings. The lowest BCUT2D eigenvalue weighted by Gasteiger charge is -2.11. The molecule has 16 heteroatoms. The van der Waals surface area contributed by atoms with Gasteiger partial charge in [-0.1, -0.05) is 0 Å². The lowest BCUT2D eigenvalue weighted by atomic mass is 10.0. The average Bonchev–Trinajstić information content (AvgIpc) is 3.48. The van der Waals surface area contributed by atoms with Gasteiger partial charge in [-0.3, -0.25) is 14.8 Å². The normalized spacial score (nSPS) is 13.4. The molecule has 14 nitrogen and oxygen atoms in total. The van der Waals surface area contributed by atoms with Crippen LogP contribution in [0.5, 0.6) is 0 Å². The van der Waals surface area contributed by atoms with Gasteiger partial charge in [-0.15, -0.1) is 16.4 Å². The van der Waals surface area contributed by atoms with Crippen molar-refractivity contribution < 1.29 is 28.1 Å².